The van der Waals surface area contributed by atoms with Crippen molar-refractivity contribution in [1.82, 2.24) is 24.7 Å². The third-order valence-electron chi connectivity index (χ3n) is 5.98. The molecule has 0 spiro atoms. The number of likely N-dealkylation sites (N-methyl/N-ethyl adjacent to an activating group) is 2. The standard InChI is InChI=1S/C25H33N5/c1-4-5-15-30-17-21-10-7-14-25(27-21)24-13-6-9-20(26-24)16-28(2)18-22-11-8-12-23(19-30)29(22)3/h6-14,22H,4-5,15-19H2,1-3H3. The van der Waals surface area contributed by atoms with Crippen molar-refractivity contribution >= 4 is 0 Å². The highest BCUT2D eigenvalue weighted by Crippen LogP contribution is 2.21. The summed E-state index contributed by atoms with van der Waals surface area (Å²) >= 11 is 0. The average Bonchev–Trinajstić information content (AvgIpc) is 2.74. The molecule has 0 N–H and O–H groups in total. The van der Waals surface area contributed by atoms with Crippen molar-refractivity contribution in [3.8, 4) is 11.4 Å². The van der Waals surface area contributed by atoms with E-state index >= 15 is 0 Å². The molecule has 30 heavy (non-hydrogen) atoms. The van der Waals surface area contributed by atoms with E-state index in [9.17, 15) is 0 Å². The Bertz CT molecular complexity index is 919. The predicted molar refractivity (Wildman–Crippen MR) is 123 cm³/mol. The van der Waals surface area contributed by atoms with Crippen molar-refractivity contribution in [3.05, 3.63) is 71.7 Å². The Morgan fingerprint density at radius 2 is 1.63 bits per heavy atom. The highest BCUT2D eigenvalue weighted by molar-refractivity contribution is 5.54. The van der Waals surface area contributed by atoms with E-state index in [1.165, 1.54) is 18.5 Å². The summed E-state index contributed by atoms with van der Waals surface area (Å²) < 4.78 is 0. The maximum absolute atomic E-state index is 4.97. The van der Waals surface area contributed by atoms with Crippen LogP contribution in [0.2, 0.25) is 0 Å². The summed E-state index contributed by atoms with van der Waals surface area (Å²) in [5.41, 5.74) is 5.47. The van der Waals surface area contributed by atoms with Crippen LogP contribution in [-0.4, -0.2) is 64.4 Å². The van der Waals surface area contributed by atoms with Crippen molar-refractivity contribution in [2.45, 2.75) is 38.9 Å². The highest BCUT2D eigenvalue weighted by atomic mass is 15.2. The van der Waals surface area contributed by atoms with E-state index < -0.39 is 0 Å². The lowest BCUT2D eigenvalue weighted by Crippen LogP contribution is -2.43. The Labute approximate surface area is 180 Å². The number of allylic oxidation sites excluding steroid dienone is 2. The van der Waals surface area contributed by atoms with Gasteiger partial charge >= 0.3 is 0 Å². The molecule has 1 atom stereocenters. The highest BCUT2D eigenvalue weighted by Gasteiger charge is 2.21. The van der Waals surface area contributed by atoms with Crippen LogP contribution in [0.15, 0.2) is 60.3 Å². The molecule has 1 unspecified atom stereocenters. The molecular formula is C25H33N5. The minimum atomic E-state index is 0.371. The van der Waals surface area contributed by atoms with Crippen LogP contribution in [0.1, 0.15) is 31.2 Å². The van der Waals surface area contributed by atoms with E-state index in [-0.39, 0.29) is 0 Å². The molecule has 5 heteroatoms. The molecule has 0 saturated heterocycles. The quantitative estimate of drug-likeness (QED) is 0.776. The number of rotatable bonds is 3. The molecule has 2 aromatic rings. The molecule has 2 aliphatic heterocycles. The van der Waals surface area contributed by atoms with Crippen LogP contribution in [0.25, 0.3) is 11.4 Å². The van der Waals surface area contributed by atoms with Gasteiger partial charge in [-0.15, -0.1) is 0 Å². The Morgan fingerprint density at radius 1 is 0.933 bits per heavy atom. The zero-order valence-electron chi connectivity index (χ0n) is 18.5. The molecule has 158 valence electrons. The van der Waals surface area contributed by atoms with Crippen molar-refractivity contribution in [2.24, 2.45) is 0 Å². The van der Waals surface area contributed by atoms with Crippen molar-refractivity contribution in [3.63, 3.8) is 0 Å². The first-order valence-corrected chi connectivity index (χ1v) is 11.1. The molecule has 4 heterocycles. The molecule has 0 aromatic carbocycles. The van der Waals surface area contributed by atoms with E-state index in [4.69, 9.17) is 9.97 Å². The topological polar surface area (TPSA) is 35.5 Å². The molecule has 0 saturated carbocycles. The van der Waals surface area contributed by atoms with Crippen LogP contribution in [0.3, 0.4) is 0 Å². The van der Waals surface area contributed by atoms with Gasteiger partial charge in [0, 0.05) is 38.9 Å². The summed E-state index contributed by atoms with van der Waals surface area (Å²) in [6.45, 7) is 6.93. The van der Waals surface area contributed by atoms with Crippen molar-refractivity contribution < 1.29 is 0 Å². The summed E-state index contributed by atoms with van der Waals surface area (Å²) in [7, 11) is 4.40. The number of pyridine rings is 2. The van der Waals surface area contributed by atoms with Crippen LogP contribution < -0.4 is 0 Å². The zero-order chi connectivity index (χ0) is 20.9. The van der Waals surface area contributed by atoms with Gasteiger partial charge in [-0.05, 0) is 50.4 Å². The number of nitrogens with zero attached hydrogens (tertiary/aromatic N) is 5. The molecule has 0 aliphatic carbocycles. The average molecular weight is 404 g/mol. The second kappa shape index (κ2) is 9.54. The van der Waals surface area contributed by atoms with E-state index in [2.05, 4.69) is 90.3 Å². The second-order valence-corrected chi connectivity index (χ2v) is 8.51. The fourth-order valence-corrected chi connectivity index (χ4v) is 4.24. The van der Waals surface area contributed by atoms with Crippen molar-refractivity contribution in [2.75, 3.05) is 33.7 Å². The van der Waals surface area contributed by atoms with Gasteiger partial charge in [-0.3, -0.25) is 9.80 Å². The Morgan fingerprint density at radius 3 is 2.33 bits per heavy atom. The Kier molecular flexibility index (Phi) is 6.60. The van der Waals surface area contributed by atoms with Gasteiger partial charge < -0.3 is 4.90 Å². The summed E-state index contributed by atoms with van der Waals surface area (Å²) in [6, 6.07) is 13.0. The van der Waals surface area contributed by atoms with Gasteiger partial charge in [-0.1, -0.05) is 37.6 Å². The number of fused-ring (bicyclic) bond motifs is 7. The van der Waals surface area contributed by atoms with Crippen LogP contribution in [0.5, 0.6) is 0 Å². The lowest BCUT2D eigenvalue weighted by molar-refractivity contribution is 0.205. The van der Waals surface area contributed by atoms with Gasteiger partial charge in [0.05, 0.1) is 28.8 Å². The fourth-order valence-electron chi connectivity index (χ4n) is 4.24. The molecule has 5 nitrogen and oxygen atoms in total. The van der Waals surface area contributed by atoms with Gasteiger partial charge in [-0.25, -0.2) is 9.97 Å². The van der Waals surface area contributed by atoms with Gasteiger partial charge in [0.25, 0.3) is 0 Å². The summed E-state index contributed by atoms with van der Waals surface area (Å²) in [5.74, 6) is 0. The Balaban J connectivity index is 1.71. The lowest BCUT2D eigenvalue weighted by atomic mass is 10.1. The van der Waals surface area contributed by atoms with Gasteiger partial charge in [0.15, 0.2) is 0 Å². The van der Waals surface area contributed by atoms with E-state index in [0.717, 1.165) is 55.5 Å². The first kappa shape index (κ1) is 20.8. The SMILES string of the molecule is CCCCN1CC2=CC=CC(CN(C)Cc3cccc(n3)-c3cccc(n3)C1)N2C. The summed E-state index contributed by atoms with van der Waals surface area (Å²) in [6.07, 6.45) is 9.19. The number of unbranched alkanes of at least 4 members (excludes halogenated alkanes) is 1. The normalized spacial score (nSPS) is 20.4. The summed E-state index contributed by atoms with van der Waals surface area (Å²) in [5, 5.41) is 0. The molecule has 0 fully saturated rings. The smallest absolute Gasteiger partial charge is 0.0890 e. The molecule has 6 bridgehead atoms. The molecule has 0 amide bonds. The first-order valence-electron chi connectivity index (χ1n) is 11.1. The number of aromatic nitrogens is 2. The maximum Gasteiger partial charge on any atom is 0.0890 e. The van der Waals surface area contributed by atoms with Gasteiger partial charge in [-0.2, -0.15) is 0 Å². The largest absolute Gasteiger partial charge is 0.369 e. The van der Waals surface area contributed by atoms with E-state index in [1.807, 2.05) is 0 Å². The molecule has 4 rings (SSSR count). The third-order valence-corrected chi connectivity index (χ3v) is 5.98. The summed E-state index contributed by atoms with van der Waals surface area (Å²) in [4.78, 5) is 17.2. The van der Waals surface area contributed by atoms with Crippen LogP contribution in [0, 0.1) is 0 Å². The van der Waals surface area contributed by atoms with E-state index in [0.29, 0.717) is 6.04 Å². The molecule has 2 aliphatic rings. The molecule has 2 aromatic heterocycles. The van der Waals surface area contributed by atoms with Gasteiger partial charge in [0.2, 0.25) is 0 Å². The zero-order valence-corrected chi connectivity index (χ0v) is 18.5. The van der Waals surface area contributed by atoms with E-state index in [1.54, 1.807) is 0 Å². The molecule has 0 radical (unpaired) electrons. The fraction of sp³-hybridized carbons (Fsp3) is 0.440. The first-order chi connectivity index (χ1) is 14.6. The number of hydrogen-bond donors (Lipinski definition) is 0. The van der Waals surface area contributed by atoms with Crippen molar-refractivity contribution in [1.29, 1.82) is 0 Å². The minimum Gasteiger partial charge on any atom is -0.369 e. The minimum absolute atomic E-state index is 0.371. The lowest BCUT2D eigenvalue weighted by Gasteiger charge is -2.37. The third kappa shape index (κ3) is 4.97. The molecular weight excluding hydrogens is 370 g/mol. The Hall–Kier alpha value is -2.50. The van der Waals surface area contributed by atoms with Crippen LogP contribution in [-0.2, 0) is 13.1 Å². The number of hydrogen-bond acceptors (Lipinski definition) is 5. The second-order valence-electron chi connectivity index (χ2n) is 8.51. The maximum atomic E-state index is 4.97. The van der Waals surface area contributed by atoms with Gasteiger partial charge in [0.1, 0.15) is 0 Å². The monoisotopic (exact) mass is 403 g/mol. The van der Waals surface area contributed by atoms with Crippen LogP contribution >= 0.6 is 0 Å². The van der Waals surface area contributed by atoms with Crippen LogP contribution in [0.4, 0.5) is 0 Å². The predicted octanol–water partition coefficient (Wildman–Crippen LogP) is 3.95.